The number of Topliss-reactive ketones (excluding diaryl/α,β-unsaturated/α-hetero) is 1. The van der Waals surface area contributed by atoms with Gasteiger partial charge in [-0.2, -0.15) is 0 Å². The number of carbonyl (C=O) groups excluding carboxylic acids is 1. The van der Waals surface area contributed by atoms with Crippen LogP contribution in [0.4, 0.5) is 0 Å². The monoisotopic (exact) mass is 239 g/mol. The molecule has 0 saturated carbocycles. The quantitative estimate of drug-likeness (QED) is 0.806. The highest BCUT2D eigenvalue weighted by atomic mass is 16.5. The molecule has 2 nitrogen and oxygen atoms in total. The van der Waals surface area contributed by atoms with E-state index in [2.05, 4.69) is 6.92 Å². The van der Waals surface area contributed by atoms with Gasteiger partial charge in [-0.1, -0.05) is 30.3 Å². The first kappa shape index (κ1) is 12.4. The molecule has 0 aliphatic carbocycles. The highest BCUT2D eigenvalue weighted by Crippen LogP contribution is 2.25. The van der Waals surface area contributed by atoms with Gasteiger partial charge in [0, 0.05) is 5.92 Å². The van der Waals surface area contributed by atoms with E-state index in [1.807, 2.05) is 54.6 Å². The minimum Gasteiger partial charge on any atom is -0.457 e. The Morgan fingerprint density at radius 2 is 1.72 bits per heavy atom. The Labute approximate surface area is 107 Å². The standard InChI is InChI=1S/C16H15O2/c1-12(13(2)17)14-7-6-10-16(11-14)18-15-8-4-3-5-9-15/h3-12H,1H2,2H3/t12-/m1/s1. The van der Waals surface area contributed by atoms with E-state index in [0.717, 1.165) is 11.3 Å². The van der Waals surface area contributed by atoms with Crippen LogP contribution < -0.4 is 4.74 Å². The van der Waals surface area contributed by atoms with Crippen LogP contribution in [0.15, 0.2) is 54.6 Å². The maximum absolute atomic E-state index is 11.3. The van der Waals surface area contributed by atoms with Crippen molar-refractivity contribution < 1.29 is 9.53 Å². The molecule has 1 radical (unpaired) electrons. The van der Waals surface area contributed by atoms with Gasteiger partial charge in [0.05, 0.1) is 0 Å². The second-order valence-electron chi connectivity index (χ2n) is 4.15. The number of rotatable bonds is 4. The molecule has 2 heteroatoms. The van der Waals surface area contributed by atoms with Crippen LogP contribution in [-0.2, 0) is 4.79 Å². The third-order valence-corrected chi connectivity index (χ3v) is 2.73. The second kappa shape index (κ2) is 5.50. The highest BCUT2D eigenvalue weighted by Gasteiger charge is 2.11. The van der Waals surface area contributed by atoms with Crippen LogP contribution >= 0.6 is 0 Å². The molecular formula is C16H15O2. The number of ether oxygens (including phenoxy) is 1. The molecule has 0 N–H and O–H groups in total. The lowest BCUT2D eigenvalue weighted by molar-refractivity contribution is -0.117. The van der Waals surface area contributed by atoms with Gasteiger partial charge in [-0.05, 0) is 43.7 Å². The number of hydrogen-bond acceptors (Lipinski definition) is 2. The van der Waals surface area contributed by atoms with Gasteiger partial charge in [-0.15, -0.1) is 0 Å². The van der Waals surface area contributed by atoms with Gasteiger partial charge in [0.2, 0.25) is 0 Å². The molecule has 0 spiro atoms. The first-order valence-electron chi connectivity index (χ1n) is 5.83. The zero-order valence-corrected chi connectivity index (χ0v) is 10.3. The minimum absolute atomic E-state index is 0.0480. The fourth-order valence-corrected chi connectivity index (χ4v) is 1.65. The van der Waals surface area contributed by atoms with Crippen molar-refractivity contribution in [1.82, 2.24) is 0 Å². The van der Waals surface area contributed by atoms with E-state index in [9.17, 15) is 4.79 Å². The predicted molar refractivity (Wildman–Crippen MR) is 71.7 cm³/mol. The van der Waals surface area contributed by atoms with Crippen LogP contribution in [0.2, 0.25) is 0 Å². The van der Waals surface area contributed by atoms with Crippen LogP contribution in [0, 0.1) is 6.92 Å². The molecule has 0 unspecified atom stereocenters. The van der Waals surface area contributed by atoms with E-state index in [1.54, 1.807) is 6.92 Å². The van der Waals surface area contributed by atoms with Crippen molar-refractivity contribution in [2.75, 3.05) is 0 Å². The molecule has 0 aliphatic rings. The summed E-state index contributed by atoms with van der Waals surface area (Å²) in [4.78, 5) is 11.3. The van der Waals surface area contributed by atoms with Crippen LogP contribution in [0.1, 0.15) is 18.4 Å². The smallest absolute Gasteiger partial charge is 0.137 e. The van der Waals surface area contributed by atoms with Crippen molar-refractivity contribution in [3.05, 3.63) is 67.1 Å². The zero-order chi connectivity index (χ0) is 13.0. The minimum atomic E-state index is -0.343. The van der Waals surface area contributed by atoms with Crippen LogP contribution in [0.25, 0.3) is 0 Å². The van der Waals surface area contributed by atoms with E-state index in [4.69, 9.17) is 4.74 Å². The number of benzene rings is 2. The Hall–Kier alpha value is -2.09. The Morgan fingerprint density at radius 1 is 1.06 bits per heavy atom. The first-order chi connectivity index (χ1) is 8.66. The molecule has 0 aromatic heterocycles. The average molecular weight is 239 g/mol. The third-order valence-electron chi connectivity index (χ3n) is 2.73. The summed E-state index contributed by atoms with van der Waals surface area (Å²) in [5, 5.41) is 0. The third kappa shape index (κ3) is 2.98. The number of carbonyl (C=O) groups is 1. The Bertz CT molecular complexity index is 532. The Kier molecular flexibility index (Phi) is 3.78. The zero-order valence-electron chi connectivity index (χ0n) is 10.3. The van der Waals surface area contributed by atoms with E-state index in [1.165, 1.54) is 0 Å². The highest BCUT2D eigenvalue weighted by molar-refractivity contribution is 5.84. The van der Waals surface area contributed by atoms with Gasteiger partial charge in [-0.25, -0.2) is 0 Å². The van der Waals surface area contributed by atoms with Crippen molar-refractivity contribution in [3.63, 3.8) is 0 Å². The molecule has 2 aromatic carbocycles. The maximum Gasteiger partial charge on any atom is 0.137 e. The summed E-state index contributed by atoms with van der Waals surface area (Å²) in [5.41, 5.74) is 0.871. The summed E-state index contributed by atoms with van der Waals surface area (Å²) < 4.78 is 5.71. The molecular weight excluding hydrogens is 224 g/mol. The lowest BCUT2D eigenvalue weighted by atomic mass is 9.97. The molecule has 1 atom stereocenters. The molecule has 0 bridgehead atoms. The van der Waals surface area contributed by atoms with Gasteiger partial charge < -0.3 is 4.74 Å². The first-order valence-corrected chi connectivity index (χ1v) is 5.83. The topological polar surface area (TPSA) is 26.3 Å². The van der Waals surface area contributed by atoms with Crippen molar-refractivity contribution in [2.24, 2.45) is 0 Å². The summed E-state index contributed by atoms with van der Waals surface area (Å²) in [6.45, 7) is 5.39. The summed E-state index contributed by atoms with van der Waals surface area (Å²) in [5.74, 6) is 1.20. The molecule has 0 amide bonds. The van der Waals surface area contributed by atoms with E-state index in [0.29, 0.717) is 5.75 Å². The second-order valence-corrected chi connectivity index (χ2v) is 4.15. The van der Waals surface area contributed by atoms with Crippen LogP contribution in [-0.4, -0.2) is 5.78 Å². The van der Waals surface area contributed by atoms with Crippen molar-refractivity contribution in [1.29, 1.82) is 0 Å². The lowest BCUT2D eigenvalue weighted by Crippen LogP contribution is -2.04. The molecule has 2 rings (SSSR count). The van der Waals surface area contributed by atoms with Gasteiger partial charge >= 0.3 is 0 Å². The largest absolute Gasteiger partial charge is 0.457 e. The van der Waals surface area contributed by atoms with Gasteiger partial charge in [-0.3, -0.25) is 4.79 Å². The number of ketones is 1. The predicted octanol–water partition coefficient (Wildman–Crippen LogP) is 3.99. The average Bonchev–Trinajstić information content (AvgIpc) is 2.39. The summed E-state index contributed by atoms with van der Waals surface area (Å²) in [7, 11) is 0. The molecule has 91 valence electrons. The van der Waals surface area contributed by atoms with Gasteiger partial charge in [0.1, 0.15) is 17.3 Å². The number of hydrogen-bond donors (Lipinski definition) is 0. The molecule has 18 heavy (non-hydrogen) atoms. The Balaban J connectivity index is 2.20. The fraction of sp³-hybridized carbons (Fsp3) is 0.125. The molecule has 0 aliphatic heterocycles. The Morgan fingerprint density at radius 3 is 2.39 bits per heavy atom. The molecule has 0 saturated heterocycles. The van der Waals surface area contributed by atoms with E-state index < -0.39 is 0 Å². The van der Waals surface area contributed by atoms with E-state index >= 15 is 0 Å². The maximum atomic E-state index is 11.3. The van der Waals surface area contributed by atoms with Gasteiger partial charge in [0.25, 0.3) is 0 Å². The molecule has 0 fully saturated rings. The van der Waals surface area contributed by atoms with Crippen LogP contribution in [0.3, 0.4) is 0 Å². The summed E-state index contributed by atoms with van der Waals surface area (Å²) in [6.07, 6.45) is 0. The van der Waals surface area contributed by atoms with E-state index in [-0.39, 0.29) is 11.7 Å². The summed E-state index contributed by atoms with van der Waals surface area (Å²) in [6, 6.07) is 17.0. The van der Waals surface area contributed by atoms with Crippen molar-refractivity contribution in [2.45, 2.75) is 12.8 Å². The van der Waals surface area contributed by atoms with Crippen LogP contribution in [0.5, 0.6) is 11.5 Å². The molecule has 2 aromatic rings. The fourth-order valence-electron chi connectivity index (χ4n) is 1.65. The molecule has 0 heterocycles. The normalized spacial score (nSPS) is 11.9. The number of para-hydroxylation sites is 1. The van der Waals surface area contributed by atoms with Crippen molar-refractivity contribution in [3.8, 4) is 11.5 Å². The SMILES string of the molecule is [CH2][C@H](C(C)=O)c1cccc(Oc2ccccc2)c1. The van der Waals surface area contributed by atoms with Gasteiger partial charge in [0.15, 0.2) is 0 Å². The van der Waals surface area contributed by atoms with Crippen molar-refractivity contribution >= 4 is 5.78 Å². The summed E-state index contributed by atoms with van der Waals surface area (Å²) >= 11 is 0. The lowest BCUT2D eigenvalue weighted by Gasteiger charge is -2.10.